The molecule has 0 amide bonds. The van der Waals surface area contributed by atoms with E-state index >= 15 is 0 Å². The van der Waals surface area contributed by atoms with Gasteiger partial charge in [-0.25, -0.2) is 0 Å². The Morgan fingerprint density at radius 1 is 1.27 bits per heavy atom. The molecule has 2 N–H and O–H groups in total. The van der Waals surface area contributed by atoms with Gasteiger partial charge in [-0.2, -0.15) is 0 Å². The largest absolute Gasteiger partial charge is 0.326 e. The Morgan fingerprint density at radius 3 is 2.60 bits per heavy atom. The first kappa shape index (κ1) is 11.4. The second-order valence-electron chi connectivity index (χ2n) is 5.38. The fraction of sp³-hybridized carbons (Fsp3) is 1.00. The molecule has 3 unspecified atom stereocenters. The monoisotopic (exact) mass is 211 g/mol. The van der Waals surface area contributed by atoms with E-state index in [1.54, 1.807) is 0 Å². The molecule has 88 valence electrons. The Hall–Kier alpha value is -0.120. The van der Waals surface area contributed by atoms with Crippen LogP contribution in [-0.2, 0) is 0 Å². The Labute approximate surface area is 93.6 Å². The summed E-state index contributed by atoms with van der Waals surface area (Å²) in [5.41, 5.74) is 6.13. The van der Waals surface area contributed by atoms with Crippen molar-refractivity contribution in [3.8, 4) is 0 Å². The molecule has 0 radical (unpaired) electrons. The van der Waals surface area contributed by atoms with Gasteiger partial charge in [-0.1, -0.05) is 6.42 Å². The molecule has 0 aromatic heterocycles. The van der Waals surface area contributed by atoms with E-state index in [4.69, 9.17) is 5.73 Å². The van der Waals surface area contributed by atoms with Crippen molar-refractivity contribution >= 4 is 0 Å². The van der Waals surface area contributed by atoms with Gasteiger partial charge in [0.15, 0.2) is 0 Å². The summed E-state index contributed by atoms with van der Waals surface area (Å²) in [6, 6.07) is 1.82. The minimum Gasteiger partial charge on any atom is -0.326 e. The van der Waals surface area contributed by atoms with Gasteiger partial charge in [-0.05, 0) is 46.3 Å². The van der Waals surface area contributed by atoms with Crippen LogP contribution in [0.1, 0.15) is 32.1 Å². The third-order valence-electron chi connectivity index (χ3n) is 4.27. The smallest absolute Gasteiger partial charge is 0.0244 e. The van der Waals surface area contributed by atoms with Gasteiger partial charge in [0.1, 0.15) is 0 Å². The van der Waals surface area contributed by atoms with Crippen LogP contribution in [0.25, 0.3) is 0 Å². The van der Waals surface area contributed by atoms with E-state index < -0.39 is 0 Å². The standard InChI is InChI=1S/C12H25N3/c1-14-8-4-5-10(14)9-15(2)12-7-3-6-11(12)13/h10-12H,3-9,13H2,1-2H3. The van der Waals surface area contributed by atoms with E-state index in [0.29, 0.717) is 12.1 Å². The van der Waals surface area contributed by atoms with Crippen LogP contribution in [0, 0.1) is 0 Å². The number of likely N-dealkylation sites (tertiary alicyclic amines) is 1. The Bertz CT molecular complexity index is 207. The number of hydrogen-bond donors (Lipinski definition) is 1. The summed E-state index contributed by atoms with van der Waals surface area (Å²) in [5, 5.41) is 0. The summed E-state index contributed by atoms with van der Waals surface area (Å²) in [6.07, 6.45) is 6.56. The lowest BCUT2D eigenvalue weighted by atomic mass is 10.1. The minimum absolute atomic E-state index is 0.418. The number of likely N-dealkylation sites (N-methyl/N-ethyl adjacent to an activating group) is 2. The van der Waals surface area contributed by atoms with Crippen molar-refractivity contribution in [1.82, 2.24) is 9.80 Å². The van der Waals surface area contributed by atoms with Gasteiger partial charge in [0.2, 0.25) is 0 Å². The highest BCUT2D eigenvalue weighted by Gasteiger charge is 2.30. The van der Waals surface area contributed by atoms with Crippen LogP contribution >= 0.6 is 0 Å². The molecule has 0 bridgehead atoms. The molecule has 3 nitrogen and oxygen atoms in total. The second kappa shape index (κ2) is 4.81. The topological polar surface area (TPSA) is 32.5 Å². The van der Waals surface area contributed by atoms with Crippen molar-refractivity contribution in [3.05, 3.63) is 0 Å². The van der Waals surface area contributed by atoms with Crippen molar-refractivity contribution in [2.45, 2.75) is 50.2 Å². The summed E-state index contributed by atoms with van der Waals surface area (Å²) >= 11 is 0. The average Bonchev–Trinajstić information content (AvgIpc) is 2.76. The average molecular weight is 211 g/mol. The molecule has 1 aliphatic carbocycles. The van der Waals surface area contributed by atoms with E-state index in [-0.39, 0.29) is 0 Å². The third kappa shape index (κ3) is 2.52. The maximum Gasteiger partial charge on any atom is 0.0244 e. The van der Waals surface area contributed by atoms with Gasteiger partial charge in [0.25, 0.3) is 0 Å². The molecule has 3 heteroatoms. The Morgan fingerprint density at radius 2 is 2.07 bits per heavy atom. The third-order valence-corrected chi connectivity index (χ3v) is 4.27. The van der Waals surface area contributed by atoms with Crippen molar-refractivity contribution in [2.75, 3.05) is 27.2 Å². The molecule has 0 aromatic rings. The summed E-state index contributed by atoms with van der Waals surface area (Å²) in [5.74, 6) is 0. The fourth-order valence-electron chi connectivity index (χ4n) is 3.19. The second-order valence-corrected chi connectivity index (χ2v) is 5.38. The van der Waals surface area contributed by atoms with Crippen molar-refractivity contribution in [3.63, 3.8) is 0 Å². The maximum atomic E-state index is 6.13. The number of hydrogen-bond acceptors (Lipinski definition) is 3. The molecule has 2 fully saturated rings. The summed E-state index contributed by atoms with van der Waals surface area (Å²) in [6.45, 7) is 2.48. The molecule has 3 atom stereocenters. The van der Waals surface area contributed by atoms with Crippen molar-refractivity contribution in [2.24, 2.45) is 5.73 Å². The maximum absolute atomic E-state index is 6.13. The molecule has 1 heterocycles. The molecule has 1 saturated carbocycles. The molecule has 0 spiro atoms. The number of nitrogens with zero attached hydrogens (tertiary/aromatic N) is 2. The fourth-order valence-corrected chi connectivity index (χ4v) is 3.19. The van der Waals surface area contributed by atoms with Gasteiger partial charge in [-0.15, -0.1) is 0 Å². The van der Waals surface area contributed by atoms with Crippen LogP contribution in [0.2, 0.25) is 0 Å². The van der Waals surface area contributed by atoms with E-state index in [1.165, 1.54) is 45.2 Å². The zero-order chi connectivity index (χ0) is 10.8. The Balaban J connectivity index is 1.83. The lowest BCUT2D eigenvalue weighted by Crippen LogP contribution is -2.47. The molecule has 1 aliphatic heterocycles. The summed E-state index contributed by atoms with van der Waals surface area (Å²) in [4.78, 5) is 5.00. The van der Waals surface area contributed by atoms with Crippen molar-refractivity contribution in [1.29, 1.82) is 0 Å². The molecule has 2 aliphatic rings. The van der Waals surface area contributed by atoms with Crippen LogP contribution < -0.4 is 5.73 Å². The van der Waals surface area contributed by atoms with E-state index in [1.807, 2.05) is 0 Å². The quantitative estimate of drug-likeness (QED) is 0.752. The summed E-state index contributed by atoms with van der Waals surface area (Å²) < 4.78 is 0. The van der Waals surface area contributed by atoms with Gasteiger partial charge < -0.3 is 15.5 Å². The highest BCUT2D eigenvalue weighted by Crippen LogP contribution is 2.23. The number of nitrogens with two attached hydrogens (primary N) is 1. The molecular weight excluding hydrogens is 186 g/mol. The van der Waals surface area contributed by atoms with Crippen LogP contribution in [-0.4, -0.2) is 55.1 Å². The van der Waals surface area contributed by atoms with Crippen LogP contribution in [0.4, 0.5) is 0 Å². The highest BCUT2D eigenvalue weighted by molar-refractivity contribution is 4.89. The molecule has 2 rings (SSSR count). The zero-order valence-corrected chi connectivity index (χ0v) is 10.2. The Kier molecular flexibility index (Phi) is 3.65. The van der Waals surface area contributed by atoms with Gasteiger partial charge in [-0.3, -0.25) is 0 Å². The van der Waals surface area contributed by atoms with E-state index in [0.717, 1.165) is 6.04 Å². The molecule has 0 aromatic carbocycles. The van der Waals surface area contributed by atoms with Crippen molar-refractivity contribution < 1.29 is 0 Å². The van der Waals surface area contributed by atoms with Gasteiger partial charge >= 0.3 is 0 Å². The molecule has 1 saturated heterocycles. The summed E-state index contributed by atoms with van der Waals surface area (Å²) in [7, 11) is 4.50. The van der Waals surface area contributed by atoms with E-state index in [2.05, 4.69) is 23.9 Å². The zero-order valence-electron chi connectivity index (χ0n) is 10.2. The lowest BCUT2D eigenvalue weighted by Gasteiger charge is -2.32. The minimum atomic E-state index is 0.418. The van der Waals surface area contributed by atoms with E-state index in [9.17, 15) is 0 Å². The van der Waals surface area contributed by atoms with Gasteiger partial charge in [0.05, 0.1) is 0 Å². The lowest BCUT2D eigenvalue weighted by molar-refractivity contribution is 0.169. The first-order chi connectivity index (χ1) is 7.18. The predicted octanol–water partition coefficient (Wildman–Crippen LogP) is 0.892. The predicted molar refractivity (Wildman–Crippen MR) is 63.9 cm³/mol. The first-order valence-electron chi connectivity index (χ1n) is 6.34. The highest BCUT2D eigenvalue weighted by atomic mass is 15.2. The van der Waals surface area contributed by atoms with Crippen LogP contribution in [0.15, 0.2) is 0 Å². The molecule has 15 heavy (non-hydrogen) atoms. The van der Waals surface area contributed by atoms with Gasteiger partial charge in [0, 0.05) is 24.7 Å². The van der Waals surface area contributed by atoms with Crippen LogP contribution in [0.3, 0.4) is 0 Å². The first-order valence-corrected chi connectivity index (χ1v) is 6.34. The molecular formula is C12H25N3. The normalized spacial score (nSPS) is 38.0. The van der Waals surface area contributed by atoms with Crippen LogP contribution in [0.5, 0.6) is 0 Å². The SMILES string of the molecule is CN1CCCC1CN(C)C1CCCC1N. The number of rotatable bonds is 3.